The van der Waals surface area contributed by atoms with Crippen LogP contribution >= 0.6 is 45.1 Å². The summed E-state index contributed by atoms with van der Waals surface area (Å²) in [4.78, 5) is 92.6. The first kappa shape index (κ1) is 100. The summed E-state index contributed by atoms with van der Waals surface area (Å²) < 4.78 is 144. The molecule has 3 unspecified atom stereocenters. The number of Topliss-reactive ketones (excluding diaryl/α,β-unsaturated/α-hetero) is 1. The van der Waals surface area contributed by atoms with Gasteiger partial charge >= 0.3 is 40.0 Å². The number of phosphoric acid groups is 3. The van der Waals surface area contributed by atoms with Crippen molar-refractivity contribution in [2.24, 2.45) is 10.7 Å². The van der Waals surface area contributed by atoms with Crippen molar-refractivity contribution < 1.29 is 124 Å². The highest BCUT2D eigenvalue weighted by Gasteiger charge is 2.47. The molecular weight excluding hydrogens is 1680 g/mol. The minimum atomic E-state index is -5.76. The largest absolute Gasteiger partial charge is 0.490 e. The number of likely N-dealkylation sites (N-methyl/N-ethyl adjacent to an activating group) is 2. The Morgan fingerprint density at radius 3 is 2.17 bits per heavy atom. The van der Waals surface area contributed by atoms with E-state index in [-0.39, 0.29) is 86.7 Å². The number of carbonyl (C=O) groups is 4. The lowest BCUT2D eigenvalue weighted by Crippen LogP contribution is -2.29. The highest BCUT2D eigenvalue weighted by Crippen LogP contribution is 2.66. The number of para-hydroxylation sites is 1. The number of ether oxygens (including phenoxy) is 6. The van der Waals surface area contributed by atoms with E-state index in [0.29, 0.717) is 77.9 Å². The number of esters is 1. The number of allylic oxidation sites excluding steroid dienone is 6. The third kappa shape index (κ3) is 34.6. The number of amidine groups is 1. The highest BCUT2D eigenvalue weighted by molar-refractivity contribution is 8.77. The van der Waals surface area contributed by atoms with Gasteiger partial charge in [-0.3, -0.25) is 28.3 Å². The van der Waals surface area contributed by atoms with Crippen molar-refractivity contribution in [1.29, 1.82) is 0 Å². The lowest BCUT2D eigenvalue weighted by molar-refractivity contribution is -0.438. The smallest absolute Gasteiger partial charge is 0.466 e. The van der Waals surface area contributed by atoms with Crippen LogP contribution in [0.2, 0.25) is 0 Å². The second kappa shape index (κ2) is 48.1. The zero-order chi connectivity index (χ0) is 85.4. The SMILES string of the molecule is CC(=O)OCCC(C)(C)SSCOCCCCCCC(=O)NCC#Cc1cn([C@H]2C[C@@H](OCS(C)=S)[C@@H](COP(=O)(O)OP(=O)(O)OP(=O)(O)O)O2)c2c1C(=O)CC(N)=N2.CCN1\C(=C/C=C/C=C/C2=[N+](CCCCCC(=O)NCCOCCOCCNC)c3ccc(S(=O)(=O)O)cc3C2(C)C)C(C)(C)c2ccccc21.O=S(=O)=O. The Balaban J connectivity index is 0.000000396. The number of unbranched alkanes of at least 4 members (excludes halogenated alkanes) is 5. The fraction of sp³-hybridized carbons (Fsp3) is 0.583. The Morgan fingerprint density at radius 1 is 0.861 bits per heavy atom. The molecule has 0 radical (unpaired) electrons. The average Bonchev–Trinajstić information content (AvgIpc) is 1.57. The first-order valence-corrected chi connectivity index (χ1v) is 48.8. The van der Waals surface area contributed by atoms with E-state index in [4.69, 9.17) is 72.3 Å². The van der Waals surface area contributed by atoms with Crippen LogP contribution in [-0.4, -0.2) is 211 Å². The van der Waals surface area contributed by atoms with Gasteiger partial charge in [0.15, 0.2) is 11.5 Å². The lowest BCUT2D eigenvalue weighted by Gasteiger charge is -2.25. The van der Waals surface area contributed by atoms with Crippen molar-refractivity contribution in [3.05, 3.63) is 107 Å². The van der Waals surface area contributed by atoms with Gasteiger partial charge in [0.05, 0.1) is 86.1 Å². The van der Waals surface area contributed by atoms with Crippen molar-refractivity contribution >= 4 is 139 Å². The molecule has 2 amide bonds. The van der Waals surface area contributed by atoms with Crippen LogP contribution in [0.15, 0.2) is 94.6 Å². The molecule has 34 nitrogen and oxygen atoms in total. The number of fused-ring (bicyclic) bond motifs is 3. The number of ketones is 1. The molecule has 1 aromatic heterocycles. The number of nitrogens with zero attached hydrogens (tertiary/aromatic N) is 4. The van der Waals surface area contributed by atoms with Gasteiger partial charge in [0.25, 0.3) is 10.1 Å². The van der Waals surface area contributed by atoms with Gasteiger partial charge in [0.2, 0.25) is 17.5 Å². The number of amides is 2. The highest BCUT2D eigenvalue weighted by atomic mass is 33.1. The Morgan fingerprint density at radius 2 is 1.52 bits per heavy atom. The van der Waals surface area contributed by atoms with E-state index >= 15 is 0 Å². The van der Waals surface area contributed by atoms with Crippen molar-refractivity contribution in [3.8, 4) is 11.8 Å². The number of aliphatic imine (C=N–C) groups is 1. The van der Waals surface area contributed by atoms with Gasteiger partial charge in [-0.1, -0.05) is 106 Å². The van der Waals surface area contributed by atoms with Crippen LogP contribution in [0, 0.1) is 11.8 Å². The molecule has 0 saturated carbocycles. The first-order valence-electron chi connectivity index (χ1n) is 36.8. The molecule has 5 heterocycles. The minimum Gasteiger partial charge on any atom is -0.466 e. The van der Waals surface area contributed by atoms with E-state index in [0.717, 1.165) is 75.0 Å². The monoisotopic (exact) mass is 1790 g/mol. The normalized spacial score (nSPS) is 18.6. The lowest BCUT2D eigenvalue weighted by atomic mass is 9.81. The fourth-order valence-electron chi connectivity index (χ4n) is 12.4. The molecular formula is C72H108N8O26P3S6+. The number of carbonyl (C=O) groups excluding carboxylic acids is 4. The maximum absolute atomic E-state index is 13.1. The van der Waals surface area contributed by atoms with E-state index in [9.17, 15) is 55.6 Å². The number of nitrogens with one attached hydrogen (secondary N) is 3. The summed E-state index contributed by atoms with van der Waals surface area (Å²) in [6.45, 7) is 21.6. The van der Waals surface area contributed by atoms with Gasteiger partial charge in [-0.15, -0.1) is 12.6 Å². The summed E-state index contributed by atoms with van der Waals surface area (Å²) in [5, 5.41) is 8.69. The van der Waals surface area contributed by atoms with Crippen molar-refractivity contribution in [1.82, 2.24) is 20.5 Å². The average molecular weight is 1790 g/mol. The van der Waals surface area contributed by atoms with E-state index in [2.05, 4.69) is 142 Å². The summed E-state index contributed by atoms with van der Waals surface area (Å²) in [6, 6.07) is 13.4. The van der Waals surface area contributed by atoms with Gasteiger partial charge < -0.3 is 79.1 Å². The van der Waals surface area contributed by atoms with Gasteiger partial charge in [-0.2, -0.15) is 21.6 Å². The van der Waals surface area contributed by atoms with E-state index in [1.165, 1.54) is 40.7 Å². The van der Waals surface area contributed by atoms with E-state index in [1.54, 1.807) is 40.0 Å². The van der Waals surface area contributed by atoms with Crippen molar-refractivity contribution in [3.63, 3.8) is 0 Å². The number of nitrogens with two attached hydrogens (primary N) is 1. The van der Waals surface area contributed by atoms with Crippen molar-refractivity contribution in [2.75, 3.05) is 109 Å². The number of hydrogen-bond donors (Lipinski definition) is 9. The molecule has 2 aromatic carbocycles. The fourth-order valence-corrected chi connectivity index (χ4v) is 18.8. The maximum atomic E-state index is 13.1. The summed E-state index contributed by atoms with van der Waals surface area (Å²) >= 11 is 5.21. The number of hydrogen-bond acceptors (Lipinski definition) is 28. The molecule has 642 valence electrons. The van der Waals surface area contributed by atoms with Gasteiger partial charge in [-0.25, -0.2) is 18.7 Å². The van der Waals surface area contributed by atoms with Gasteiger partial charge in [-0.05, 0) is 121 Å². The van der Waals surface area contributed by atoms with Crippen LogP contribution < -0.4 is 26.6 Å². The Hall–Kier alpha value is -5.51. The molecule has 0 spiro atoms. The third-order valence-electron chi connectivity index (χ3n) is 17.8. The molecule has 0 bridgehead atoms. The molecule has 6 atom stereocenters. The number of anilines is 1. The van der Waals surface area contributed by atoms with Crippen LogP contribution in [-0.2, 0) is 122 Å². The van der Waals surface area contributed by atoms with Crippen LogP contribution in [0.25, 0.3) is 0 Å². The van der Waals surface area contributed by atoms with Gasteiger partial charge in [0, 0.05) is 104 Å². The minimum absolute atomic E-state index is 0.00101. The predicted molar refractivity (Wildman–Crippen MR) is 442 cm³/mol. The van der Waals surface area contributed by atoms with Crippen LogP contribution in [0.4, 0.5) is 17.2 Å². The second-order valence-electron chi connectivity index (χ2n) is 28.0. The molecule has 4 aliphatic heterocycles. The number of benzene rings is 2. The Kier molecular flexibility index (Phi) is 41.8. The zero-order valence-electron chi connectivity index (χ0n) is 66.1. The van der Waals surface area contributed by atoms with Gasteiger partial charge in [0.1, 0.15) is 36.5 Å². The molecule has 3 aromatic rings. The summed E-state index contributed by atoms with van der Waals surface area (Å²) in [6.07, 6.45) is 17.9. The summed E-state index contributed by atoms with van der Waals surface area (Å²) in [7, 11) is -19.7. The maximum Gasteiger partial charge on any atom is 0.490 e. The molecule has 115 heavy (non-hydrogen) atoms. The van der Waals surface area contributed by atoms with Crippen LogP contribution in [0.1, 0.15) is 166 Å². The summed E-state index contributed by atoms with van der Waals surface area (Å²) in [5.74, 6) is 5.74. The standard InChI is InChI=1S/C40H56N4O6S.C32H51N4O17P3S4.O3S/c1-7-43-34-17-14-13-16-32(34)39(2,3)36(43)18-10-8-11-19-37-40(4,5)33-30-31(51(46,47)48)21-22-35(33)44(37)25-15-9-12-20-38(45)42-24-27-50-29-28-49-26-23-41-6;1-22(37)48-15-12-32(2,3)59-58-20-47-14-8-6-5-7-11-28(39)34-13-9-10-23-18-36(31-30(23)24(38)16-27(33)35-31)29-17-25(49-21-60(4)57)26(51-29)19-50-55(43,44)53-56(45,46)52-54(40,41)42;1-4(2)3/h8,10-11,13-14,16-19,21-22,30,41H,7,9,12,15,20,23-29H2,1-6H3,(H-,42,45,46,47,48);18,25-26,29H,5-8,11-17,19-21H2,1-4H3,(H2,33,35)(H,34,39)(H,43,44)(H,45,46)(H2,40,41,42);/p+1/t;25-,26-,29-,60?;/m.1./s1. The molecule has 1 fully saturated rings. The van der Waals surface area contributed by atoms with Crippen LogP contribution in [0.3, 0.4) is 0 Å². The Labute approximate surface area is 688 Å². The number of aromatic nitrogens is 1. The molecule has 10 N–H and O–H groups in total. The Bertz CT molecular complexity index is 4460. The molecule has 1 saturated heterocycles. The van der Waals surface area contributed by atoms with Crippen LogP contribution in [0.5, 0.6) is 0 Å². The van der Waals surface area contributed by atoms with E-state index < -0.39 is 84.1 Å². The number of rotatable bonds is 46. The first-order chi connectivity index (χ1) is 54.0. The molecule has 7 rings (SSSR count). The second-order valence-corrected chi connectivity index (χ2v) is 40.3. The van der Waals surface area contributed by atoms with E-state index in [1.807, 2.05) is 19.2 Å². The zero-order valence-corrected chi connectivity index (χ0v) is 73.7. The quantitative estimate of drug-likeness (QED) is 0.00292. The van der Waals surface area contributed by atoms with Crippen molar-refractivity contribution in [2.45, 2.75) is 171 Å². The predicted octanol–water partition coefficient (Wildman–Crippen LogP) is 9.30. The summed E-state index contributed by atoms with van der Waals surface area (Å²) in [5.41, 5.74) is 12.4. The number of phosphoric ester groups is 1. The third-order valence-corrected chi connectivity index (χ3v) is 26.3. The molecule has 43 heteroatoms. The molecule has 4 aliphatic rings. The molecule has 0 aliphatic carbocycles. The topological polar surface area (TPSA) is 475 Å².